The van der Waals surface area contributed by atoms with Crippen LogP contribution in [0.25, 0.3) is 6.08 Å². The quantitative estimate of drug-likeness (QED) is 0.658. The van der Waals surface area contributed by atoms with E-state index in [1.54, 1.807) is 0 Å². The lowest BCUT2D eigenvalue weighted by atomic mass is 10.1. The molecular formula is C20H20N2O. The van der Waals surface area contributed by atoms with Crippen molar-refractivity contribution in [2.24, 2.45) is 11.0 Å². The van der Waals surface area contributed by atoms with E-state index in [1.807, 2.05) is 67.6 Å². The lowest BCUT2D eigenvalue weighted by molar-refractivity contribution is -0.122. The van der Waals surface area contributed by atoms with Gasteiger partial charge in [0.1, 0.15) is 0 Å². The normalized spacial score (nSPS) is 20.5. The van der Waals surface area contributed by atoms with Crippen LogP contribution in [0, 0.1) is 5.92 Å². The number of amides is 1. The van der Waals surface area contributed by atoms with Crippen LogP contribution in [0.3, 0.4) is 0 Å². The topological polar surface area (TPSA) is 41.5 Å². The van der Waals surface area contributed by atoms with E-state index in [4.69, 9.17) is 0 Å². The number of carbonyl (C=O) groups excluding carboxylic acids is 1. The highest BCUT2D eigenvalue weighted by atomic mass is 16.2. The van der Waals surface area contributed by atoms with Gasteiger partial charge in [0.25, 0.3) is 0 Å². The average molecular weight is 304 g/mol. The Bertz CT molecular complexity index is 720. The van der Waals surface area contributed by atoms with Crippen molar-refractivity contribution in [3.05, 3.63) is 77.9 Å². The van der Waals surface area contributed by atoms with E-state index < -0.39 is 0 Å². The van der Waals surface area contributed by atoms with Crippen LogP contribution in [0.4, 0.5) is 0 Å². The molecule has 116 valence electrons. The number of nitrogens with one attached hydrogen (secondary N) is 1. The van der Waals surface area contributed by atoms with Crippen LogP contribution in [0.2, 0.25) is 0 Å². The number of hydrogen-bond donors (Lipinski definition) is 1. The number of allylic oxidation sites excluding steroid dienone is 1. The molecule has 3 nitrogen and oxygen atoms in total. The summed E-state index contributed by atoms with van der Waals surface area (Å²) in [5, 5.41) is 4.16. The van der Waals surface area contributed by atoms with Gasteiger partial charge < -0.3 is 0 Å². The smallest absolute Gasteiger partial charge is 0.243 e. The molecule has 2 aromatic carbocycles. The van der Waals surface area contributed by atoms with Crippen molar-refractivity contribution in [2.45, 2.75) is 19.3 Å². The first-order valence-corrected chi connectivity index (χ1v) is 7.86. The van der Waals surface area contributed by atoms with Gasteiger partial charge in [-0.3, -0.25) is 4.79 Å². The first-order valence-electron chi connectivity index (χ1n) is 7.86. The van der Waals surface area contributed by atoms with Gasteiger partial charge in [-0.05, 0) is 36.5 Å². The SMILES string of the molecule is CC(/C=C/c1ccccc1)=N/NC(=O)[C@@H]1C[C@H]1c1ccccc1. The van der Waals surface area contributed by atoms with Crippen molar-refractivity contribution in [1.82, 2.24) is 5.43 Å². The van der Waals surface area contributed by atoms with E-state index in [2.05, 4.69) is 22.7 Å². The predicted molar refractivity (Wildman–Crippen MR) is 94.0 cm³/mol. The molecule has 1 saturated carbocycles. The van der Waals surface area contributed by atoms with Crippen LogP contribution in [0.15, 0.2) is 71.8 Å². The van der Waals surface area contributed by atoms with E-state index in [0.717, 1.165) is 17.7 Å². The summed E-state index contributed by atoms with van der Waals surface area (Å²) in [5.74, 6) is 0.393. The number of nitrogens with zero attached hydrogens (tertiary/aromatic N) is 1. The standard InChI is InChI=1S/C20H20N2O/c1-15(12-13-16-8-4-2-5-9-16)21-22-20(23)19-14-18(19)17-10-6-3-7-11-17/h2-13,18-19H,14H2,1H3,(H,22,23)/b13-12+,21-15-/t18-,19+/m0/s1. The molecule has 0 bridgehead atoms. The summed E-state index contributed by atoms with van der Waals surface area (Å²) in [4.78, 5) is 12.1. The average Bonchev–Trinajstić information content (AvgIpc) is 3.40. The molecule has 0 radical (unpaired) electrons. The molecule has 0 heterocycles. The third-order valence-electron chi connectivity index (χ3n) is 4.01. The van der Waals surface area contributed by atoms with Gasteiger partial charge in [-0.2, -0.15) is 5.10 Å². The lowest BCUT2D eigenvalue weighted by Crippen LogP contribution is -2.21. The highest BCUT2D eigenvalue weighted by Crippen LogP contribution is 2.47. The maximum Gasteiger partial charge on any atom is 0.243 e. The summed E-state index contributed by atoms with van der Waals surface area (Å²) in [6.45, 7) is 1.88. The van der Waals surface area contributed by atoms with Crippen LogP contribution in [-0.4, -0.2) is 11.6 Å². The number of hydrazone groups is 1. The molecule has 1 amide bonds. The molecule has 0 aromatic heterocycles. The zero-order valence-electron chi connectivity index (χ0n) is 13.1. The van der Waals surface area contributed by atoms with Gasteiger partial charge in [-0.25, -0.2) is 5.43 Å². The van der Waals surface area contributed by atoms with Crippen LogP contribution < -0.4 is 5.43 Å². The van der Waals surface area contributed by atoms with Crippen LogP contribution in [-0.2, 0) is 4.79 Å². The minimum Gasteiger partial charge on any atom is -0.273 e. The lowest BCUT2D eigenvalue weighted by Gasteiger charge is -2.01. The molecule has 0 unspecified atom stereocenters. The predicted octanol–water partition coefficient (Wildman–Crippen LogP) is 4.00. The van der Waals surface area contributed by atoms with Gasteiger partial charge in [0, 0.05) is 5.92 Å². The Labute approximate surface area is 136 Å². The fourth-order valence-electron chi connectivity index (χ4n) is 2.60. The van der Waals surface area contributed by atoms with Crippen molar-refractivity contribution < 1.29 is 4.79 Å². The highest BCUT2D eigenvalue weighted by Gasteiger charge is 2.43. The van der Waals surface area contributed by atoms with Crippen LogP contribution >= 0.6 is 0 Å². The van der Waals surface area contributed by atoms with E-state index in [9.17, 15) is 4.79 Å². The fourth-order valence-corrected chi connectivity index (χ4v) is 2.60. The fraction of sp³-hybridized carbons (Fsp3) is 0.200. The maximum atomic E-state index is 12.1. The summed E-state index contributed by atoms with van der Waals surface area (Å²) >= 11 is 0. The van der Waals surface area contributed by atoms with Gasteiger partial charge >= 0.3 is 0 Å². The Kier molecular flexibility index (Phi) is 4.67. The Balaban J connectivity index is 1.52. The van der Waals surface area contributed by atoms with Crippen molar-refractivity contribution in [2.75, 3.05) is 0 Å². The zero-order chi connectivity index (χ0) is 16.1. The largest absolute Gasteiger partial charge is 0.273 e. The van der Waals surface area contributed by atoms with Gasteiger partial charge in [0.05, 0.1) is 5.71 Å². The third kappa shape index (κ3) is 4.16. The zero-order valence-corrected chi connectivity index (χ0v) is 13.1. The number of hydrogen-bond acceptors (Lipinski definition) is 2. The molecule has 1 fully saturated rings. The maximum absolute atomic E-state index is 12.1. The second-order valence-electron chi connectivity index (χ2n) is 5.83. The van der Waals surface area contributed by atoms with Gasteiger partial charge in [0.15, 0.2) is 0 Å². The monoisotopic (exact) mass is 304 g/mol. The number of benzene rings is 2. The second kappa shape index (κ2) is 7.05. The van der Waals surface area contributed by atoms with Crippen molar-refractivity contribution >= 4 is 17.7 Å². The molecule has 1 aliphatic carbocycles. The number of carbonyl (C=O) groups is 1. The molecule has 0 saturated heterocycles. The molecule has 1 N–H and O–H groups in total. The van der Waals surface area contributed by atoms with Gasteiger partial charge in [-0.15, -0.1) is 0 Å². The van der Waals surface area contributed by atoms with E-state index in [-0.39, 0.29) is 11.8 Å². The van der Waals surface area contributed by atoms with E-state index in [0.29, 0.717) is 5.92 Å². The molecule has 3 rings (SSSR count). The second-order valence-corrected chi connectivity index (χ2v) is 5.83. The highest BCUT2D eigenvalue weighted by molar-refractivity contribution is 5.97. The summed E-state index contributed by atoms with van der Waals surface area (Å²) < 4.78 is 0. The van der Waals surface area contributed by atoms with Crippen LogP contribution in [0.5, 0.6) is 0 Å². The Morgan fingerprint density at radius 1 is 1.09 bits per heavy atom. The Hall–Kier alpha value is -2.68. The molecule has 2 atom stereocenters. The van der Waals surface area contributed by atoms with Crippen LogP contribution in [0.1, 0.15) is 30.4 Å². The Morgan fingerprint density at radius 2 is 1.74 bits per heavy atom. The summed E-state index contributed by atoms with van der Waals surface area (Å²) in [6.07, 6.45) is 4.79. The van der Waals surface area contributed by atoms with Gasteiger partial charge in [-0.1, -0.05) is 66.7 Å². The third-order valence-corrected chi connectivity index (χ3v) is 4.01. The van der Waals surface area contributed by atoms with Crippen molar-refractivity contribution in [1.29, 1.82) is 0 Å². The molecule has 2 aromatic rings. The molecule has 3 heteroatoms. The first-order chi connectivity index (χ1) is 11.2. The van der Waals surface area contributed by atoms with Gasteiger partial charge in [0.2, 0.25) is 5.91 Å². The summed E-state index contributed by atoms with van der Waals surface area (Å²) in [7, 11) is 0. The van der Waals surface area contributed by atoms with Crippen molar-refractivity contribution in [3.8, 4) is 0 Å². The van der Waals surface area contributed by atoms with E-state index in [1.165, 1.54) is 5.56 Å². The summed E-state index contributed by atoms with van der Waals surface area (Å²) in [5.41, 5.74) is 5.80. The number of rotatable bonds is 5. The molecule has 0 spiro atoms. The molecule has 1 aliphatic rings. The minimum absolute atomic E-state index is 0.00585. The van der Waals surface area contributed by atoms with Crippen molar-refractivity contribution in [3.63, 3.8) is 0 Å². The minimum atomic E-state index is 0.00585. The Morgan fingerprint density at radius 3 is 2.43 bits per heavy atom. The first kappa shape index (κ1) is 15.2. The van der Waals surface area contributed by atoms with E-state index >= 15 is 0 Å². The summed E-state index contributed by atoms with van der Waals surface area (Å²) in [6, 6.07) is 20.2. The molecular weight excluding hydrogens is 284 g/mol. The molecule has 23 heavy (non-hydrogen) atoms. The molecule has 0 aliphatic heterocycles.